The highest BCUT2D eigenvalue weighted by atomic mass is 16.5. The zero-order valence-corrected chi connectivity index (χ0v) is 13.4. The monoisotopic (exact) mass is 299 g/mol. The molecular formula is C16H21N5O. The van der Waals surface area contributed by atoms with E-state index in [2.05, 4.69) is 32.0 Å². The van der Waals surface area contributed by atoms with E-state index in [4.69, 9.17) is 4.52 Å². The molecule has 0 aliphatic rings. The van der Waals surface area contributed by atoms with Crippen molar-refractivity contribution in [2.24, 2.45) is 0 Å². The predicted molar refractivity (Wildman–Crippen MR) is 89.2 cm³/mol. The minimum Gasteiger partial charge on any atom is -0.371 e. The molecule has 2 aromatic heterocycles. The van der Waals surface area contributed by atoms with Crippen molar-refractivity contribution in [3.8, 4) is 11.5 Å². The number of rotatable bonds is 5. The topological polar surface area (TPSA) is 76.7 Å². The third-order valence-corrected chi connectivity index (χ3v) is 2.57. The number of nitrogens with zero attached hydrogens (tertiary/aromatic N) is 4. The van der Waals surface area contributed by atoms with Crippen LogP contribution in [-0.2, 0) is 0 Å². The van der Waals surface area contributed by atoms with Gasteiger partial charge in [-0.05, 0) is 6.92 Å². The number of hydrogen-bond donors (Lipinski definition) is 1. The lowest BCUT2D eigenvalue weighted by Gasteiger charge is -2.07. The second-order valence-electron chi connectivity index (χ2n) is 3.81. The van der Waals surface area contributed by atoms with Gasteiger partial charge in [-0.15, -0.1) is 0 Å². The van der Waals surface area contributed by atoms with Gasteiger partial charge in [0, 0.05) is 12.6 Å². The van der Waals surface area contributed by atoms with Crippen molar-refractivity contribution in [2.45, 2.75) is 20.8 Å². The molecule has 0 unspecified atom stereocenters. The van der Waals surface area contributed by atoms with Gasteiger partial charge in [0.1, 0.15) is 0 Å². The Balaban J connectivity index is 0.00000116. The molecule has 0 radical (unpaired) electrons. The first kappa shape index (κ1) is 17.3. The summed E-state index contributed by atoms with van der Waals surface area (Å²) in [5.74, 6) is 0.975. The van der Waals surface area contributed by atoms with E-state index >= 15 is 0 Å². The molecular weight excluding hydrogens is 278 g/mol. The Bertz CT molecular complexity index is 645. The molecule has 0 saturated heterocycles. The molecule has 6 nitrogen and oxygen atoms in total. The molecule has 0 atom stereocenters. The first-order chi connectivity index (χ1) is 10.8. The molecule has 0 amide bonds. The van der Waals surface area contributed by atoms with Crippen molar-refractivity contribution < 1.29 is 4.52 Å². The zero-order valence-electron chi connectivity index (χ0n) is 13.4. The minimum absolute atomic E-state index is 0.387. The molecule has 0 aromatic carbocycles. The summed E-state index contributed by atoms with van der Waals surface area (Å²) >= 11 is 0. The summed E-state index contributed by atoms with van der Waals surface area (Å²) in [5, 5.41) is 6.75. The standard InChI is InChI=1S/C14H15N5O.C2H6/c1-4-6-7-10(5-2)11-8-16-13(15-3)12(18-11)14-17-9-20-19-14;1-2/h4-9H,2H2,1,3H3,(H,15,16);1-2H3/b6-4-,10-7+;. The van der Waals surface area contributed by atoms with Crippen LogP contribution in [0.3, 0.4) is 0 Å². The Morgan fingerprint density at radius 3 is 2.64 bits per heavy atom. The number of hydrogen-bond acceptors (Lipinski definition) is 6. The van der Waals surface area contributed by atoms with E-state index in [9.17, 15) is 0 Å². The van der Waals surface area contributed by atoms with Gasteiger partial charge in [-0.1, -0.05) is 49.9 Å². The molecule has 0 saturated carbocycles. The van der Waals surface area contributed by atoms with Crippen LogP contribution in [0.15, 0.2) is 48.0 Å². The van der Waals surface area contributed by atoms with Gasteiger partial charge in [0.2, 0.25) is 12.2 Å². The van der Waals surface area contributed by atoms with Crippen molar-refractivity contribution in [3.63, 3.8) is 0 Å². The van der Waals surface area contributed by atoms with Crippen LogP contribution in [0.1, 0.15) is 26.5 Å². The summed E-state index contributed by atoms with van der Waals surface area (Å²) in [7, 11) is 1.76. The van der Waals surface area contributed by atoms with Crippen molar-refractivity contribution in [1.82, 2.24) is 20.1 Å². The van der Waals surface area contributed by atoms with Crippen LogP contribution in [0.2, 0.25) is 0 Å². The maximum absolute atomic E-state index is 4.76. The van der Waals surface area contributed by atoms with E-state index in [-0.39, 0.29) is 0 Å². The maximum atomic E-state index is 4.76. The van der Waals surface area contributed by atoms with Gasteiger partial charge in [-0.25, -0.2) is 9.97 Å². The quantitative estimate of drug-likeness (QED) is 0.847. The van der Waals surface area contributed by atoms with Crippen LogP contribution in [0.4, 0.5) is 5.82 Å². The lowest BCUT2D eigenvalue weighted by molar-refractivity contribution is 0.418. The van der Waals surface area contributed by atoms with Crippen molar-refractivity contribution >= 4 is 11.4 Å². The molecule has 116 valence electrons. The fraction of sp³-hybridized carbons (Fsp3) is 0.250. The average Bonchev–Trinajstić information content (AvgIpc) is 3.11. The van der Waals surface area contributed by atoms with E-state index in [1.807, 2.05) is 39.0 Å². The van der Waals surface area contributed by atoms with E-state index in [1.54, 1.807) is 19.3 Å². The third-order valence-electron chi connectivity index (χ3n) is 2.57. The first-order valence-corrected chi connectivity index (χ1v) is 7.07. The van der Waals surface area contributed by atoms with Gasteiger partial charge >= 0.3 is 0 Å². The van der Waals surface area contributed by atoms with Gasteiger partial charge in [0.15, 0.2) is 11.5 Å². The van der Waals surface area contributed by atoms with E-state index in [0.29, 0.717) is 23.0 Å². The number of allylic oxidation sites excluding steroid dienone is 5. The lowest BCUT2D eigenvalue weighted by Crippen LogP contribution is -2.01. The molecule has 22 heavy (non-hydrogen) atoms. The zero-order chi connectivity index (χ0) is 16.4. The molecule has 0 fully saturated rings. The Labute approximate surface area is 130 Å². The van der Waals surface area contributed by atoms with Gasteiger partial charge < -0.3 is 9.84 Å². The SMILES string of the molecule is C=C/C(=C\C=C/C)c1cnc(NC)c(-c2ncon2)n1.CC. The molecule has 0 aliphatic heterocycles. The Morgan fingerprint density at radius 2 is 2.09 bits per heavy atom. The normalized spacial score (nSPS) is 11.0. The lowest BCUT2D eigenvalue weighted by atomic mass is 10.1. The first-order valence-electron chi connectivity index (χ1n) is 7.07. The van der Waals surface area contributed by atoms with Crippen LogP contribution in [-0.4, -0.2) is 27.2 Å². The molecule has 2 aromatic rings. The highest BCUT2D eigenvalue weighted by Crippen LogP contribution is 2.23. The van der Waals surface area contributed by atoms with E-state index in [0.717, 1.165) is 5.57 Å². The van der Waals surface area contributed by atoms with Gasteiger partial charge in [-0.2, -0.15) is 4.98 Å². The minimum atomic E-state index is 0.387. The summed E-state index contributed by atoms with van der Waals surface area (Å²) in [6.45, 7) is 9.73. The molecule has 6 heteroatoms. The van der Waals surface area contributed by atoms with Gasteiger partial charge in [-0.3, -0.25) is 0 Å². The molecule has 0 aliphatic carbocycles. The number of anilines is 1. The van der Waals surface area contributed by atoms with E-state index < -0.39 is 0 Å². The summed E-state index contributed by atoms with van der Waals surface area (Å²) in [4.78, 5) is 12.9. The molecule has 0 bridgehead atoms. The molecule has 1 N–H and O–H groups in total. The second kappa shape index (κ2) is 9.23. The fourth-order valence-electron chi connectivity index (χ4n) is 1.60. The van der Waals surface area contributed by atoms with Crippen LogP contribution in [0.5, 0.6) is 0 Å². The predicted octanol–water partition coefficient (Wildman–Crippen LogP) is 3.74. The number of nitrogens with one attached hydrogen (secondary N) is 1. The molecule has 2 heterocycles. The van der Waals surface area contributed by atoms with Crippen molar-refractivity contribution in [1.29, 1.82) is 0 Å². The fourth-order valence-corrected chi connectivity index (χ4v) is 1.60. The van der Waals surface area contributed by atoms with Crippen LogP contribution in [0.25, 0.3) is 17.1 Å². The highest BCUT2D eigenvalue weighted by Gasteiger charge is 2.14. The maximum Gasteiger partial charge on any atom is 0.224 e. The van der Waals surface area contributed by atoms with E-state index in [1.165, 1.54) is 6.39 Å². The second-order valence-corrected chi connectivity index (χ2v) is 3.81. The van der Waals surface area contributed by atoms with Crippen molar-refractivity contribution in [2.75, 3.05) is 12.4 Å². The average molecular weight is 299 g/mol. The van der Waals surface area contributed by atoms with Crippen molar-refractivity contribution in [3.05, 3.63) is 49.2 Å². The van der Waals surface area contributed by atoms with Crippen LogP contribution in [0, 0.1) is 0 Å². The third kappa shape index (κ3) is 4.12. The Morgan fingerprint density at radius 1 is 1.32 bits per heavy atom. The molecule has 2 rings (SSSR count). The summed E-state index contributed by atoms with van der Waals surface area (Å²) in [6, 6.07) is 0. The summed E-state index contributed by atoms with van der Waals surface area (Å²) < 4.78 is 4.76. The summed E-state index contributed by atoms with van der Waals surface area (Å²) in [5.41, 5.74) is 2.09. The van der Waals surface area contributed by atoms with Gasteiger partial charge in [0.05, 0.1) is 11.9 Å². The highest BCUT2D eigenvalue weighted by molar-refractivity contribution is 5.75. The van der Waals surface area contributed by atoms with Gasteiger partial charge in [0.25, 0.3) is 0 Å². The van der Waals surface area contributed by atoms with Crippen LogP contribution < -0.4 is 5.32 Å². The Hall–Kier alpha value is -2.76. The summed E-state index contributed by atoms with van der Waals surface area (Å²) in [6.07, 6.45) is 10.4. The number of aromatic nitrogens is 4. The molecule has 0 spiro atoms. The van der Waals surface area contributed by atoms with Crippen LogP contribution >= 0.6 is 0 Å². The smallest absolute Gasteiger partial charge is 0.224 e. The Kier molecular flexibility index (Phi) is 7.25. The largest absolute Gasteiger partial charge is 0.371 e.